The van der Waals surface area contributed by atoms with Gasteiger partial charge in [0.2, 0.25) is 5.75 Å². The number of hydrogen-bond acceptors (Lipinski definition) is 9. The molecule has 0 spiro atoms. The molecule has 2 aliphatic heterocycles. The minimum atomic E-state index is -0.868. The minimum absolute atomic E-state index is 0.00387. The van der Waals surface area contributed by atoms with Gasteiger partial charge in [0.05, 0.1) is 53.3 Å². The zero-order chi connectivity index (χ0) is 27.4. The molecule has 1 N–H and O–H groups in total. The Morgan fingerprint density at radius 2 is 1.55 bits per heavy atom. The Morgan fingerprint density at radius 3 is 2.11 bits per heavy atom. The molecular formula is C28H34N2O8. The van der Waals surface area contributed by atoms with Gasteiger partial charge in [-0.2, -0.15) is 0 Å². The molecule has 2 saturated heterocycles. The van der Waals surface area contributed by atoms with Gasteiger partial charge in [-0.15, -0.1) is 0 Å². The van der Waals surface area contributed by atoms with E-state index in [4.69, 9.17) is 23.7 Å². The first-order valence-electron chi connectivity index (χ1n) is 12.4. The quantitative estimate of drug-likeness (QED) is 0.300. The number of aryl methyl sites for hydroxylation is 1. The number of carbonyl (C=O) groups excluding carboxylic acids is 2. The van der Waals surface area contributed by atoms with Crippen LogP contribution in [0, 0.1) is 6.92 Å². The lowest BCUT2D eigenvalue weighted by Gasteiger charge is -2.31. The number of Topliss-reactive ketones (excluding diaryl/α,β-unsaturated/α-hetero) is 1. The van der Waals surface area contributed by atoms with E-state index in [2.05, 4.69) is 4.90 Å². The molecule has 0 radical (unpaired) electrons. The van der Waals surface area contributed by atoms with Gasteiger partial charge in [-0.1, -0.05) is 0 Å². The van der Waals surface area contributed by atoms with Crippen molar-refractivity contribution in [3.05, 3.63) is 52.6 Å². The van der Waals surface area contributed by atoms with Crippen LogP contribution in [0.15, 0.2) is 35.9 Å². The highest BCUT2D eigenvalue weighted by atomic mass is 16.5. The van der Waals surface area contributed by atoms with Gasteiger partial charge in [0.15, 0.2) is 11.5 Å². The van der Waals surface area contributed by atoms with E-state index in [0.717, 1.165) is 18.7 Å². The van der Waals surface area contributed by atoms with Crippen LogP contribution in [-0.2, 0) is 14.3 Å². The average Bonchev–Trinajstić information content (AvgIpc) is 3.20. The van der Waals surface area contributed by atoms with Crippen LogP contribution in [0.25, 0.3) is 5.76 Å². The number of aliphatic hydroxyl groups excluding tert-OH is 1. The average molecular weight is 527 g/mol. The van der Waals surface area contributed by atoms with Gasteiger partial charge in [0, 0.05) is 31.7 Å². The van der Waals surface area contributed by atoms with E-state index in [1.54, 1.807) is 37.4 Å². The monoisotopic (exact) mass is 526 g/mol. The predicted molar refractivity (Wildman–Crippen MR) is 140 cm³/mol. The Kier molecular flexibility index (Phi) is 8.43. The van der Waals surface area contributed by atoms with Crippen LogP contribution in [0.1, 0.15) is 22.7 Å². The second-order valence-electron chi connectivity index (χ2n) is 9.09. The summed E-state index contributed by atoms with van der Waals surface area (Å²) in [6, 6.07) is 7.63. The third-order valence-electron chi connectivity index (χ3n) is 6.97. The lowest BCUT2D eigenvalue weighted by molar-refractivity contribution is -0.140. The molecule has 1 atom stereocenters. The Morgan fingerprint density at radius 1 is 0.921 bits per heavy atom. The number of rotatable bonds is 9. The topological polar surface area (TPSA) is 107 Å². The summed E-state index contributed by atoms with van der Waals surface area (Å²) in [6.07, 6.45) is 0. The Labute approximate surface area is 222 Å². The van der Waals surface area contributed by atoms with E-state index in [0.29, 0.717) is 53.9 Å². The van der Waals surface area contributed by atoms with Gasteiger partial charge < -0.3 is 33.7 Å². The number of amides is 1. The third-order valence-corrected chi connectivity index (χ3v) is 6.97. The molecule has 0 aliphatic carbocycles. The second-order valence-corrected chi connectivity index (χ2v) is 9.09. The molecule has 2 aromatic rings. The molecule has 10 nitrogen and oxygen atoms in total. The molecule has 4 rings (SSSR count). The molecule has 1 unspecified atom stereocenters. The summed E-state index contributed by atoms with van der Waals surface area (Å²) >= 11 is 0. The number of ether oxygens (including phenoxy) is 5. The van der Waals surface area contributed by atoms with Crippen LogP contribution in [0.4, 0.5) is 0 Å². The highest BCUT2D eigenvalue weighted by Crippen LogP contribution is 2.45. The summed E-state index contributed by atoms with van der Waals surface area (Å²) in [5.74, 6) is 0.0903. The molecule has 1 amide bonds. The van der Waals surface area contributed by atoms with Crippen LogP contribution in [0.2, 0.25) is 0 Å². The number of ketones is 1. The Balaban J connectivity index is 1.85. The summed E-state index contributed by atoms with van der Waals surface area (Å²) < 4.78 is 27.3. The van der Waals surface area contributed by atoms with Gasteiger partial charge in [-0.3, -0.25) is 14.5 Å². The highest BCUT2D eigenvalue weighted by molar-refractivity contribution is 6.46. The highest BCUT2D eigenvalue weighted by Gasteiger charge is 2.46. The predicted octanol–water partition coefficient (Wildman–Crippen LogP) is 2.78. The summed E-state index contributed by atoms with van der Waals surface area (Å²) in [5.41, 5.74) is 1.73. The SMILES string of the molecule is COc1ccc(/C(O)=C2/C(=O)C(=O)N(CCN3CCOCC3)C2c2cc(OC)c(OC)c(OC)c2)cc1C. The van der Waals surface area contributed by atoms with Crippen LogP contribution in [0.5, 0.6) is 23.0 Å². The van der Waals surface area contributed by atoms with Crippen molar-refractivity contribution >= 4 is 17.4 Å². The molecule has 0 bridgehead atoms. The van der Waals surface area contributed by atoms with Crippen molar-refractivity contribution in [3.8, 4) is 23.0 Å². The largest absolute Gasteiger partial charge is 0.507 e. The van der Waals surface area contributed by atoms with Crippen LogP contribution in [-0.4, -0.2) is 94.4 Å². The van der Waals surface area contributed by atoms with Crippen molar-refractivity contribution in [3.63, 3.8) is 0 Å². The van der Waals surface area contributed by atoms with Crippen LogP contribution < -0.4 is 18.9 Å². The molecule has 0 saturated carbocycles. The fraction of sp³-hybridized carbons (Fsp3) is 0.429. The number of methoxy groups -OCH3 is 4. The van der Waals surface area contributed by atoms with Gasteiger partial charge in [0.25, 0.3) is 11.7 Å². The first kappa shape index (κ1) is 27.3. The number of likely N-dealkylation sites (tertiary alicyclic amines) is 1. The van der Waals surface area contributed by atoms with Crippen molar-refractivity contribution in [2.75, 3.05) is 67.8 Å². The summed E-state index contributed by atoms with van der Waals surface area (Å²) in [4.78, 5) is 30.5. The van der Waals surface area contributed by atoms with E-state index >= 15 is 0 Å². The molecular weight excluding hydrogens is 492 g/mol. The zero-order valence-corrected chi connectivity index (χ0v) is 22.4. The molecule has 10 heteroatoms. The molecule has 2 aromatic carbocycles. The second kappa shape index (κ2) is 11.7. The number of nitrogens with zero attached hydrogens (tertiary/aromatic N) is 2. The standard InChI is InChI=1S/C28H34N2O8/c1-17-14-18(6-7-20(17)34-2)25(31)23-24(19-15-21(35-3)27(37-5)22(16-19)36-4)30(28(33)26(23)32)9-8-29-10-12-38-13-11-29/h6-7,14-16,24,31H,8-13H2,1-5H3/b25-23-. The zero-order valence-electron chi connectivity index (χ0n) is 22.4. The maximum atomic E-state index is 13.5. The normalized spacial score (nSPS) is 19.5. The van der Waals surface area contributed by atoms with E-state index in [1.165, 1.54) is 26.2 Å². The minimum Gasteiger partial charge on any atom is -0.507 e. The maximum absolute atomic E-state index is 13.5. The van der Waals surface area contributed by atoms with Gasteiger partial charge in [-0.25, -0.2) is 0 Å². The van der Waals surface area contributed by atoms with Crippen molar-refractivity contribution in [1.29, 1.82) is 0 Å². The van der Waals surface area contributed by atoms with E-state index in [1.807, 2.05) is 6.92 Å². The van der Waals surface area contributed by atoms with E-state index in [9.17, 15) is 14.7 Å². The lowest BCUT2D eigenvalue weighted by Crippen LogP contribution is -2.42. The summed E-state index contributed by atoms with van der Waals surface area (Å²) in [7, 11) is 6.06. The van der Waals surface area contributed by atoms with E-state index < -0.39 is 17.7 Å². The molecule has 2 fully saturated rings. The lowest BCUT2D eigenvalue weighted by atomic mass is 9.94. The number of carbonyl (C=O) groups is 2. The van der Waals surface area contributed by atoms with Crippen molar-refractivity contribution in [1.82, 2.24) is 9.80 Å². The first-order valence-corrected chi connectivity index (χ1v) is 12.4. The molecule has 38 heavy (non-hydrogen) atoms. The fourth-order valence-electron chi connectivity index (χ4n) is 4.97. The smallest absolute Gasteiger partial charge is 0.295 e. The molecule has 2 aliphatic rings. The van der Waals surface area contributed by atoms with Gasteiger partial charge in [-0.05, 0) is 48.4 Å². The molecule has 0 aromatic heterocycles. The van der Waals surface area contributed by atoms with Crippen LogP contribution in [0.3, 0.4) is 0 Å². The number of benzene rings is 2. The number of hydrogen-bond donors (Lipinski definition) is 1. The fourth-order valence-corrected chi connectivity index (χ4v) is 4.97. The maximum Gasteiger partial charge on any atom is 0.295 e. The Bertz CT molecular complexity index is 1210. The van der Waals surface area contributed by atoms with Gasteiger partial charge in [0.1, 0.15) is 11.5 Å². The van der Waals surface area contributed by atoms with Crippen molar-refractivity contribution in [2.24, 2.45) is 0 Å². The molecule has 2 heterocycles. The number of aliphatic hydroxyl groups is 1. The number of morpholine rings is 1. The van der Waals surface area contributed by atoms with Crippen molar-refractivity contribution < 1.29 is 38.4 Å². The van der Waals surface area contributed by atoms with Crippen molar-refractivity contribution in [2.45, 2.75) is 13.0 Å². The Hall–Kier alpha value is -3.76. The summed E-state index contributed by atoms with van der Waals surface area (Å²) in [6.45, 7) is 5.39. The van der Waals surface area contributed by atoms with E-state index in [-0.39, 0.29) is 17.9 Å². The third kappa shape index (κ3) is 5.14. The van der Waals surface area contributed by atoms with Crippen LogP contribution >= 0.6 is 0 Å². The molecule has 204 valence electrons. The van der Waals surface area contributed by atoms with Gasteiger partial charge >= 0.3 is 0 Å². The first-order chi connectivity index (χ1) is 18.3. The summed E-state index contributed by atoms with van der Waals surface area (Å²) in [5, 5.41) is 11.4.